The van der Waals surface area contributed by atoms with Crippen molar-refractivity contribution in [1.82, 2.24) is 10.2 Å². The van der Waals surface area contributed by atoms with Gasteiger partial charge in [-0.3, -0.25) is 9.59 Å². The Hall–Kier alpha value is -2.08. The Kier molecular flexibility index (Phi) is 6.72. The Morgan fingerprint density at radius 1 is 1.22 bits per heavy atom. The number of rotatable bonds is 6. The molecular formula is C21H30N2O4. The molecule has 6 heteroatoms. The third-order valence-electron chi connectivity index (χ3n) is 5.06. The van der Waals surface area contributed by atoms with E-state index in [2.05, 4.69) is 5.32 Å². The molecule has 0 unspecified atom stereocenters. The summed E-state index contributed by atoms with van der Waals surface area (Å²) in [6.07, 6.45) is 3.63. The Balaban J connectivity index is 1.47. The SMILES string of the molecule is CC(C)NC(=O)c1ccc(OC[C@@H]2CCCN(C(=O)[C@@H]3CCCO3)C2)cc1. The van der Waals surface area contributed by atoms with Crippen molar-refractivity contribution >= 4 is 11.8 Å². The minimum absolute atomic E-state index is 0.0767. The summed E-state index contributed by atoms with van der Waals surface area (Å²) in [7, 11) is 0. The van der Waals surface area contributed by atoms with E-state index in [1.165, 1.54) is 0 Å². The normalized spacial score (nSPS) is 22.7. The van der Waals surface area contributed by atoms with Gasteiger partial charge in [0.05, 0.1) is 6.61 Å². The smallest absolute Gasteiger partial charge is 0.251 e. The van der Waals surface area contributed by atoms with Crippen LogP contribution in [0.15, 0.2) is 24.3 Å². The van der Waals surface area contributed by atoms with Crippen LogP contribution in [0, 0.1) is 5.92 Å². The van der Waals surface area contributed by atoms with Crippen molar-refractivity contribution in [2.75, 3.05) is 26.3 Å². The Morgan fingerprint density at radius 3 is 2.67 bits per heavy atom. The van der Waals surface area contributed by atoms with Gasteiger partial charge in [0.25, 0.3) is 11.8 Å². The predicted octanol–water partition coefficient (Wildman–Crippen LogP) is 2.62. The van der Waals surface area contributed by atoms with Gasteiger partial charge in [-0.1, -0.05) is 0 Å². The van der Waals surface area contributed by atoms with Gasteiger partial charge in [0.15, 0.2) is 0 Å². The highest BCUT2D eigenvalue weighted by Gasteiger charge is 2.31. The van der Waals surface area contributed by atoms with E-state index in [9.17, 15) is 9.59 Å². The summed E-state index contributed by atoms with van der Waals surface area (Å²) < 4.78 is 11.4. The van der Waals surface area contributed by atoms with Crippen LogP contribution in [-0.4, -0.2) is 55.2 Å². The highest BCUT2D eigenvalue weighted by atomic mass is 16.5. The molecule has 1 N–H and O–H groups in total. The minimum atomic E-state index is -0.241. The molecule has 27 heavy (non-hydrogen) atoms. The molecule has 2 aliphatic heterocycles. The molecule has 3 rings (SSSR count). The average molecular weight is 374 g/mol. The molecule has 2 amide bonds. The number of hydrogen-bond acceptors (Lipinski definition) is 4. The molecule has 0 spiro atoms. The van der Waals surface area contributed by atoms with E-state index in [-0.39, 0.29) is 24.0 Å². The van der Waals surface area contributed by atoms with Crippen LogP contribution in [0.2, 0.25) is 0 Å². The van der Waals surface area contributed by atoms with Gasteiger partial charge in [-0.05, 0) is 63.8 Å². The van der Waals surface area contributed by atoms with Crippen LogP contribution in [-0.2, 0) is 9.53 Å². The Morgan fingerprint density at radius 2 is 2.00 bits per heavy atom. The third kappa shape index (κ3) is 5.45. The lowest BCUT2D eigenvalue weighted by Crippen LogP contribution is -2.45. The van der Waals surface area contributed by atoms with E-state index >= 15 is 0 Å². The summed E-state index contributed by atoms with van der Waals surface area (Å²) in [4.78, 5) is 26.4. The van der Waals surface area contributed by atoms with Crippen molar-refractivity contribution in [1.29, 1.82) is 0 Å². The molecule has 2 atom stereocenters. The number of hydrogen-bond donors (Lipinski definition) is 1. The molecule has 6 nitrogen and oxygen atoms in total. The number of piperidine rings is 1. The number of nitrogens with one attached hydrogen (secondary N) is 1. The topological polar surface area (TPSA) is 67.9 Å². The van der Waals surface area contributed by atoms with Gasteiger partial charge in [-0.25, -0.2) is 0 Å². The molecule has 0 radical (unpaired) electrons. The molecule has 0 saturated carbocycles. The summed E-state index contributed by atoms with van der Waals surface area (Å²) in [5.41, 5.74) is 0.627. The lowest BCUT2D eigenvalue weighted by Gasteiger charge is -2.34. The van der Waals surface area contributed by atoms with Crippen LogP contribution in [0.25, 0.3) is 0 Å². The highest BCUT2D eigenvalue weighted by Crippen LogP contribution is 2.22. The minimum Gasteiger partial charge on any atom is -0.493 e. The second-order valence-electron chi connectivity index (χ2n) is 7.76. The molecule has 1 aromatic rings. The molecule has 1 aromatic carbocycles. The van der Waals surface area contributed by atoms with Gasteiger partial charge in [0.1, 0.15) is 11.9 Å². The standard InChI is InChI=1S/C21H30N2O4/c1-15(2)22-20(24)17-7-9-18(10-8-17)27-14-16-5-3-11-23(13-16)21(25)19-6-4-12-26-19/h7-10,15-16,19H,3-6,11-14H2,1-2H3,(H,22,24)/t16-,19+/m1/s1. The van der Waals surface area contributed by atoms with Crippen molar-refractivity contribution in [2.24, 2.45) is 5.92 Å². The van der Waals surface area contributed by atoms with Crippen LogP contribution >= 0.6 is 0 Å². The van der Waals surface area contributed by atoms with Crippen LogP contribution in [0.4, 0.5) is 0 Å². The maximum atomic E-state index is 12.5. The molecule has 148 valence electrons. The molecule has 2 fully saturated rings. The molecule has 2 saturated heterocycles. The van der Waals surface area contributed by atoms with Gasteiger partial charge in [-0.2, -0.15) is 0 Å². The predicted molar refractivity (Wildman–Crippen MR) is 103 cm³/mol. The second-order valence-corrected chi connectivity index (χ2v) is 7.76. The number of benzene rings is 1. The van der Waals surface area contributed by atoms with Crippen molar-refractivity contribution < 1.29 is 19.1 Å². The van der Waals surface area contributed by atoms with E-state index in [0.29, 0.717) is 24.7 Å². The fourth-order valence-corrected chi connectivity index (χ4v) is 3.64. The van der Waals surface area contributed by atoms with Crippen molar-refractivity contribution in [3.63, 3.8) is 0 Å². The molecular weight excluding hydrogens is 344 g/mol. The number of nitrogens with zero attached hydrogens (tertiary/aromatic N) is 1. The molecule has 2 aliphatic rings. The van der Waals surface area contributed by atoms with Crippen molar-refractivity contribution in [3.05, 3.63) is 29.8 Å². The first-order chi connectivity index (χ1) is 13.0. The zero-order valence-electron chi connectivity index (χ0n) is 16.3. The summed E-state index contributed by atoms with van der Waals surface area (Å²) in [5, 5.41) is 2.87. The first kappa shape index (κ1) is 19.7. The zero-order chi connectivity index (χ0) is 19.2. The van der Waals surface area contributed by atoms with Crippen molar-refractivity contribution in [2.45, 2.75) is 51.7 Å². The Labute approximate surface area is 161 Å². The van der Waals surface area contributed by atoms with Gasteiger partial charge < -0.3 is 19.7 Å². The zero-order valence-corrected chi connectivity index (χ0v) is 16.3. The summed E-state index contributed by atoms with van der Waals surface area (Å²) in [6, 6.07) is 7.32. The lowest BCUT2D eigenvalue weighted by molar-refractivity contribution is -0.143. The van der Waals surface area contributed by atoms with Gasteiger partial charge >= 0.3 is 0 Å². The maximum Gasteiger partial charge on any atom is 0.251 e. The summed E-state index contributed by atoms with van der Waals surface area (Å²) in [5.74, 6) is 1.14. The Bertz CT molecular complexity index is 638. The lowest BCUT2D eigenvalue weighted by atomic mass is 9.98. The van der Waals surface area contributed by atoms with Gasteiger partial charge in [-0.15, -0.1) is 0 Å². The third-order valence-corrected chi connectivity index (χ3v) is 5.06. The molecule has 0 aromatic heterocycles. The number of likely N-dealkylation sites (tertiary alicyclic amines) is 1. The number of amides is 2. The number of ether oxygens (including phenoxy) is 2. The van der Waals surface area contributed by atoms with Gasteiger partial charge in [0.2, 0.25) is 0 Å². The van der Waals surface area contributed by atoms with E-state index in [1.807, 2.05) is 30.9 Å². The van der Waals surface area contributed by atoms with Gasteiger partial charge in [0, 0.05) is 37.2 Å². The fraction of sp³-hybridized carbons (Fsp3) is 0.619. The monoisotopic (exact) mass is 374 g/mol. The number of carbonyl (C=O) groups excluding carboxylic acids is 2. The first-order valence-corrected chi connectivity index (χ1v) is 9.97. The molecule has 0 bridgehead atoms. The largest absolute Gasteiger partial charge is 0.493 e. The van der Waals surface area contributed by atoms with E-state index < -0.39 is 0 Å². The quantitative estimate of drug-likeness (QED) is 0.831. The number of carbonyl (C=O) groups is 2. The molecule has 2 heterocycles. The van der Waals surface area contributed by atoms with Crippen LogP contribution in [0.1, 0.15) is 49.9 Å². The van der Waals surface area contributed by atoms with Crippen LogP contribution < -0.4 is 10.1 Å². The van der Waals surface area contributed by atoms with Crippen molar-refractivity contribution in [3.8, 4) is 5.75 Å². The van der Waals surface area contributed by atoms with E-state index in [4.69, 9.17) is 9.47 Å². The van der Waals surface area contributed by atoms with E-state index in [1.54, 1.807) is 12.1 Å². The summed E-state index contributed by atoms with van der Waals surface area (Å²) >= 11 is 0. The highest BCUT2D eigenvalue weighted by molar-refractivity contribution is 5.94. The summed E-state index contributed by atoms with van der Waals surface area (Å²) in [6.45, 7) is 6.69. The molecule has 0 aliphatic carbocycles. The first-order valence-electron chi connectivity index (χ1n) is 9.97. The average Bonchev–Trinajstić information content (AvgIpc) is 3.20. The van der Waals surface area contributed by atoms with E-state index in [0.717, 1.165) is 44.5 Å². The second kappa shape index (κ2) is 9.22. The maximum absolute atomic E-state index is 12.5. The van der Waals surface area contributed by atoms with Crippen LogP contribution in [0.5, 0.6) is 5.75 Å². The fourth-order valence-electron chi connectivity index (χ4n) is 3.64. The van der Waals surface area contributed by atoms with Crippen LogP contribution in [0.3, 0.4) is 0 Å².